The van der Waals surface area contributed by atoms with Gasteiger partial charge in [-0.1, -0.05) is 48.5 Å². The standard InChI is InChI=1S/C23H17NO3/c25-15-19-14-24(23(26)18-9-5-2-6-10-18)22-12-11-20(13-21(19)22)27-16-17-7-3-1-4-8-17/h1-15H,16H2. The molecule has 0 unspecified atom stereocenters. The van der Waals surface area contributed by atoms with Crippen LogP contribution in [0.5, 0.6) is 5.75 Å². The summed E-state index contributed by atoms with van der Waals surface area (Å²) in [6.07, 6.45) is 2.34. The van der Waals surface area contributed by atoms with E-state index in [-0.39, 0.29) is 5.91 Å². The molecule has 1 aromatic heterocycles. The van der Waals surface area contributed by atoms with Crippen LogP contribution in [0.2, 0.25) is 0 Å². The summed E-state index contributed by atoms with van der Waals surface area (Å²) in [4.78, 5) is 24.3. The molecule has 0 radical (unpaired) electrons. The number of carbonyl (C=O) groups is 2. The minimum absolute atomic E-state index is 0.174. The Morgan fingerprint density at radius 3 is 2.33 bits per heavy atom. The molecule has 0 N–H and O–H groups in total. The zero-order valence-electron chi connectivity index (χ0n) is 14.5. The fraction of sp³-hybridized carbons (Fsp3) is 0.0435. The number of aromatic nitrogens is 1. The number of nitrogens with zero attached hydrogens (tertiary/aromatic N) is 1. The molecule has 132 valence electrons. The molecule has 0 spiro atoms. The van der Waals surface area contributed by atoms with Gasteiger partial charge in [-0.05, 0) is 35.9 Å². The first-order valence-electron chi connectivity index (χ1n) is 8.63. The van der Waals surface area contributed by atoms with E-state index in [4.69, 9.17) is 4.74 Å². The quantitative estimate of drug-likeness (QED) is 0.487. The highest BCUT2D eigenvalue weighted by molar-refractivity contribution is 6.07. The van der Waals surface area contributed by atoms with Crippen LogP contribution < -0.4 is 4.74 Å². The molecule has 0 atom stereocenters. The van der Waals surface area contributed by atoms with Gasteiger partial charge in [0.15, 0.2) is 6.29 Å². The van der Waals surface area contributed by atoms with Gasteiger partial charge in [0.05, 0.1) is 5.52 Å². The van der Waals surface area contributed by atoms with E-state index < -0.39 is 0 Å². The number of benzene rings is 3. The van der Waals surface area contributed by atoms with Crippen molar-refractivity contribution in [2.45, 2.75) is 6.61 Å². The van der Waals surface area contributed by atoms with E-state index in [0.29, 0.717) is 34.4 Å². The van der Waals surface area contributed by atoms with Gasteiger partial charge in [-0.3, -0.25) is 14.2 Å². The van der Waals surface area contributed by atoms with Crippen molar-refractivity contribution in [3.63, 3.8) is 0 Å². The van der Waals surface area contributed by atoms with Crippen LogP contribution in [0.1, 0.15) is 26.3 Å². The van der Waals surface area contributed by atoms with Crippen LogP contribution in [0, 0.1) is 0 Å². The monoisotopic (exact) mass is 355 g/mol. The Kier molecular flexibility index (Phi) is 4.54. The van der Waals surface area contributed by atoms with Gasteiger partial charge in [0.25, 0.3) is 5.91 Å². The molecule has 4 rings (SSSR count). The predicted molar refractivity (Wildman–Crippen MR) is 104 cm³/mol. The average molecular weight is 355 g/mol. The first-order chi connectivity index (χ1) is 13.3. The normalized spacial score (nSPS) is 10.7. The Hall–Kier alpha value is -3.66. The number of aldehydes is 1. The number of hydrogen-bond donors (Lipinski definition) is 0. The molecule has 4 aromatic rings. The lowest BCUT2D eigenvalue weighted by Gasteiger charge is -2.08. The van der Waals surface area contributed by atoms with E-state index in [0.717, 1.165) is 11.8 Å². The van der Waals surface area contributed by atoms with Crippen LogP contribution in [0.15, 0.2) is 85.1 Å². The van der Waals surface area contributed by atoms with Gasteiger partial charge in [0.2, 0.25) is 0 Å². The van der Waals surface area contributed by atoms with Crippen molar-refractivity contribution in [2.75, 3.05) is 0 Å². The molecule has 4 nitrogen and oxygen atoms in total. The number of ether oxygens (including phenoxy) is 1. The van der Waals surface area contributed by atoms with Crippen LogP contribution in [0.3, 0.4) is 0 Å². The minimum atomic E-state index is -0.174. The Morgan fingerprint density at radius 1 is 0.926 bits per heavy atom. The second kappa shape index (κ2) is 7.30. The van der Waals surface area contributed by atoms with Gasteiger partial charge < -0.3 is 4.74 Å². The zero-order valence-corrected chi connectivity index (χ0v) is 14.5. The molecule has 0 fully saturated rings. The van der Waals surface area contributed by atoms with E-state index >= 15 is 0 Å². The van der Waals surface area contributed by atoms with Gasteiger partial charge in [-0.2, -0.15) is 0 Å². The van der Waals surface area contributed by atoms with Crippen molar-refractivity contribution in [1.29, 1.82) is 0 Å². The molecule has 27 heavy (non-hydrogen) atoms. The lowest BCUT2D eigenvalue weighted by atomic mass is 10.2. The van der Waals surface area contributed by atoms with Crippen molar-refractivity contribution in [1.82, 2.24) is 4.57 Å². The third-order valence-corrected chi connectivity index (χ3v) is 4.42. The Labute approximate surface area is 156 Å². The molecule has 0 aliphatic rings. The fourth-order valence-electron chi connectivity index (χ4n) is 3.05. The number of hydrogen-bond acceptors (Lipinski definition) is 3. The van der Waals surface area contributed by atoms with E-state index in [1.54, 1.807) is 24.4 Å². The first kappa shape index (κ1) is 16.8. The SMILES string of the molecule is O=Cc1cn(C(=O)c2ccccc2)c2ccc(OCc3ccccc3)cc12. The maximum Gasteiger partial charge on any atom is 0.262 e. The molecule has 0 saturated heterocycles. The molecule has 0 saturated carbocycles. The van der Waals surface area contributed by atoms with E-state index in [1.807, 2.05) is 60.7 Å². The summed E-state index contributed by atoms with van der Waals surface area (Å²) in [5, 5.41) is 0.694. The van der Waals surface area contributed by atoms with Crippen molar-refractivity contribution in [3.8, 4) is 5.75 Å². The summed E-state index contributed by atoms with van der Waals surface area (Å²) in [6.45, 7) is 0.437. The smallest absolute Gasteiger partial charge is 0.262 e. The summed E-state index contributed by atoms with van der Waals surface area (Å²) >= 11 is 0. The van der Waals surface area contributed by atoms with Crippen LogP contribution >= 0.6 is 0 Å². The van der Waals surface area contributed by atoms with E-state index in [1.165, 1.54) is 4.57 Å². The fourth-order valence-corrected chi connectivity index (χ4v) is 3.05. The topological polar surface area (TPSA) is 48.3 Å². The molecule has 0 aliphatic carbocycles. The highest BCUT2D eigenvalue weighted by Gasteiger charge is 2.15. The van der Waals surface area contributed by atoms with E-state index in [9.17, 15) is 9.59 Å². The number of rotatable bonds is 5. The summed E-state index contributed by atoms with van der Waals surface area (Å²) in [5.41, 5.74) is 2.76. The summed E-state index contributed by atoms with van der Waals surface area (Å²) in [6, 6.07) is 24.3. The summed E-state index contributed by atoms with van der Waals surface area (Å²) in [5.74, 6) is 0.478. The zero-order chi connectivity index (χ0) is 18.6. The van der Waals surface area contributed by atoms with Crippen molar-refractivity contribution >= 4 is 23.1 Å². The Balaban J connectivity index is 1.67. The predicted octanol–water partition coefficient (Wildman–Crippen LogP) is 4.72. The second-order valence-corrected chi connectivity index (χ2v) is 6.20. The number of fused-ring (bicyclic) bond motifs is 1. The van der Waals surface area contributed by atoms with Gasteiger partial charge in [-0.25, -0.2) is 0 Å². The average Bonchev–Trinajstić information content (AvgIpc) is 3.11. The molecule has 0 aliphatic heterocycles. The largest absolute Gasteiger partial charge is 0.489 e. The molecule has 1 heterocycles. The van der Waals surface area contributed by atoms with E-state index in [2.05, 4.69) is 0 Å². The third kappa shape index (κ3) is 3.37. The van der Waals surface area contributed by atoms with Crippen molar-refractivity contribution < 1.29 is 14.3 Å². The molecular formula is C23H17NO3. The first-order valence-corrected chi connectivity index (χ1v) is 8.63. The molecule has 0 bridgehead atoms. The lowest BCUT2D eigenvalue weighted by Crippen LogP contribution is -2.10. The van der Waals surface area contributed by atoms with Crippen LogP contribution in [-0.4, -0.2) is 16.8 Å². The molecule has 4 heteroatoms. The summed E-state index contributed by atoms with van der Waals surface area (Å²) in [7, 11) is 0. The molecular weight excluding hydrogens is 338 g/mol. The van der Waals surface area contributed by atoms with Gasteiger partial charge in [0, 0.05) is 22.7 Å². The maximum absolute atomic E-state index is 12.8. The van der Waals surface area contributed by atoms with Gasteiger partial charge in [0.1, 0.15) is 12.4 Å². The molecule has 3 aromatic carbocycles. The van der Waals surface area contributed by atoms with Gasteiger partial charge >= 0.3 is 0 Å². The van der Waals surface area contributed by atoms with Crippen LogP contribution in [0.4, 0.5) is 0 Å². The minimum Gasteiger partial charge on any atom is -0.489 e. The summed E-state index contributed by atoms with van der Waals surface area (Å²) < 4.78 is 7.35. The maximum atomic E-state index is 12.8. The van der Waals surface area contributed by atoms with Crippen LogP contribution in [0.25, 0.3) is 10.9 Å². The Bertz CT molecular complexity index is 1100. The van der Waals surface area contributed by atoms with Gasteiger partial charge in [-0.15, -0.1) is 0 Å². The number of carbonyl (C=O) groups excluding carboxylic acids is 2. The third-order valence-electron chi connectivity index (χ3n) is 4.42. The highest BCUT2D eigenvalue weighted by Crippen LogP contribution is 2.26. The highest BCUT2D eigenvalue weighted by atomic mass is 16.5. The lowest BCUT2D eigenvalue weighted by molar-refractivity contribution is 0.0965. The van der Waals surface area contributed by atoms with Crippen LogP contribution in [-0.2, 0) is 6.61 Å². The molecule has 0 amide bonds. The van der Waals surface area contributed by atoms with Crippen molar-refractivity contribution in [3.05, 3.63) is 102 Å². The van der Waals surface area contributed by atoms with Crippen molar-refractivity contribution in [2.24, 2.45) is 0 Å². The Morgan fingerprint density at radius 2 is 1.63 bits per heavy atom. The second-order valence-electron chi connectivity index (χ2n) is 6.20.